The highest BCUT2D eigenvalue weighted by atomic mass is 28.4. The summed E-state index contributed by atoms with van der Waals surface area (Å²) in [5, 5.41) is 34.5. The van der Waals surface area contributed by atoms with Crippen molar-refractivity contribution in [3.8, 4) is 0 Å². The van der Waals surface area contributed by atoms with E-state index in [1.54, 1.807) is 13.8 Å². The van der Waals surface area contributed by atoms with Crippen LogP contribution in [0.3, 0.4) is 0 Å². The van der Waals surface area contributed by atoms with Gasteiger partial charge in [0, 0.05) is 13.7 Å². The molecule has 0 amide bonds. The SMILES string of the molecule is CO[C@@H]1O[C@H]([C@@H](O)[C@@H](C(=O)O)N(C)C[C@H](O)[C@H](N)CO[Si](c2ccccc2)(c2ccccc2)C(C)(C)C)[C@H]2OC(C)(C)O[C@@H]12. The van der Waals surface area contributed by atoms with E-state index in [2.05, 4.69) is 45.0 Å². The number of carboxylic acids is 1. The third kappa shape index (κ3) is 6.94. The molecule has 2 aromatic rings. The van der Waals surface area contributed by atoms with Crippen LogP contribution < -0.4 is 16.1 Å². The van der Waals surface area contributed by atoms with Gasteiger partial charge >= 0.3 is 5.97 Å². The van der Waals surface area contributed by atoms with Gasteiger partial charge < -0.3 is 44.4 Å². The molecule has 0 aliphatic carbocycles. The maximum Gasteiger partial charge on any atom is 0.323 e. The molecule has 0 saturated carbocycles. The summed E-state index contributed by atoms with van der Waals surface area (Å²) in [6, 6.07) is 17.9. The van der Waals surface area contributed by atoms with Gasteiger partial charge in [-0.1, -0.05) is 81.4 Å². The van der Waals surface area contributed by atoms with Crippen LogP contribution in [0, 0.1) is 0 Å². The summed E-state index contributed by atoms with van der Waals surface area (Å²) >= 11 is 0. The second-order valence-electron chi connectivity index (χ2n) is 13.2. The molecule has 2 aliphatic heterocycles. The van der Waals surface area contributed by atoms with Crippen LogP contribution in [0.1, 0.15) is 34.6 Å². The molecule has 2 saturated heterocycles. The van der Waals surface area contributed by atoms with Gasteiger partial charge in [-0.3, -0.25) is 9.69 Å². The Morgan fingerprint density at radius 2 is 1.55 bits per heavy atom. The van der Waals surface area contributed by atoms with Crippen LogP contribution >= 0.6 is 0 Å². The Hall–Kier alpha value is -2.23. The first-order chi connectivity index (χ1) is 20.6. The number of nitrogens with two attached hydrogens (primary N) is 1. The van der Waals surface area contributed by atoms with Crippen molar-refractivity contribution in [2.24, 2.45) is 5.73 Å². The van der Waals surface area contributed by atoms with Gasteiger partial charge in [-0.05, 0) is 36.3 Å². The van der Waals surface area contributed by atoms with Crippen molar-refractivity contribution >= 4 is 24.7 Å². The van der Waals surface area contributed by atoms with Crippen molar-refractivity contribution in [2.45, 2.75) is 94.3 Å². The van der Waals surface area contributed by atoms with E-state index in [1.807, 2.05) is 36.4 Å². The van der Waals surface area contributed by atoms with Gasteiger partial charge in [0.2, 0.25) is 0 Å². The molecule has 0 radical (unpaired) electrons. The predicted molar refractivity (Wildman–Crippen MR) is 167 cm³/mol. The molecule has 0 aromatic heterocycles. The molecule has 44 heavy (non-hydrogen) atoms. The van der Waals surface area contributed by atoms with E-state index in [4.69, 9.17) is 29.1 Å². The molecule has 12 heteroatoms. The first-order valence-corrected chi connectivity index (χ1v) is 16.9. The number of carbonyl (C=O) groups is 1. The van der Waals surface area contributed by atoms with E-state index in [0.717, 1.165) is 10.4 Å². The van der Waals surface area contributed by atoms with E-state index < -0.39 is 69.0 Å². The molecular weight excluding hydrogens is 584 g/mol. The van der Waals surface area contributed by atoms with Crippen LogP contribution in [-0.2, 0) is 28.2 Å². The van der Waals surface area contributed by atoms with Crippen LogP contribution in [0.2, 0.25) is 5.04 Å². The Kier molecular flexibility index (Phi) is 10.7. The average molecular weight is 633 g/mol. The molecule has 8 atom stereocenters. The fraction of sp³-hybridized carbons (Fsp3) is 0.594. The lowest BCUT2D eigenvalue weighted by molar-refractivity contribution is -0.240. The molecule has 4 rings (SSSR count). The highest BCUT2D eigenvalue weighted by Crippen LogP contribution is 2.41. The zero-order valence-corrected chi connectivity index (χ0v) is 27.6. The van der Waals surface area contributed by atoms with Crippen LogP contribution in [0.25, 0.3) is 0 Å². The third-order valence-corrected chi connectivity index (χ3v) is 13.6. The number of rotatable bonds is 13. The maximum atomic E-state index is 12.4. The second kappa shape index (κ2) is 13.6. The lowest BCUT2D eigenvalue weighted by atomic mass is 9.98. The Labute approximate surface area is 260 Å². The number of methoxy groups -OCH3 is 1. The minimum Gasteiger partial charge on any atom is -0.480 e. The van der Waals surface area contributed by atoms with Gasteiger partial charge in [0.05, 0.1) is 18.8 Å². The monoisotopic (exact) mass is 632 g/mol. The van der Waals surface area contributed by atoms with Gasteiger partial charge in [0.15, 0.2) is 12.1 Å². The molecule has 0 spiro atoms. The molecule has 244 valence electrons. The van der Waals surface area contributed by atoms with Gasteiger partial charge in [-0.25, -0.2) is 0 Å². The number of benzene rings is 2. The molecular formula is C32H48N2O9Si. The summed E-state index contributed by atoms with van der Waals surface area (Å²) in [4.78, 5) is 13.8. The predicted octanol–water partition coefficient (Wildman–Crippen LogP) is 0.889. The molecule has 2 fully saturated rings. The number of carboxylic acid groups (broad SMARTS) is 1. The molecule has 2 aliphatic rings. The van der Waals surface area contributed by atoms with Crippen molar-refractivity contribution < 1.29 is 43.5 Å². The van der Waals surface area contributed by atoms with Gasteiger partial charge in [0.1, 0.15) is 30.5 Å². The Bertz CT molecular complexity index is 1190. The normalized spacial score (nSPS) is 26.2. The first-order valence-electron chi connectivity index (χ1n) is 15.0. The minimum absolute atomic E-state index is 0.0356. The maximum absolute atomic E-state index is 12.4. The van der Waals surface area contributed by atoms with Gasteiger partial charge in [-0.15, -0.1) is 0 Å². The Morgan fingerprint density at radius 1 is 1.02 bits per heavy atom. The molecule has 5 N–H and O–H groups in total. The summed E-state index contributed by atoms with van der Waals surface area (Å²) < 4.78 is 29.9. The van der Waals surface area contributed by atoms with E-state index >= 15 is 0 Å². The lowest BCUT2D eigenvalue weighted by Crippen LogP contribution is -2.67. The summed E-state index contributed by atoms with van der Waals surface area (Å²) in [7, 11) is 0.0531. The largest absolute Gasteiger partial charge is 0.480 e. The Balaban J connectivity index is 1.50. The molecule has 2 aromatic carbocycles. The highest BCUT2D eigenvalue weighted by molar-refractivity contribution is 6.99. The van der Waals surface area contributed by atoms with Crippen molar-refractivity contribution in [3.63, 3.8) is 0 Å². The molecule has 2 heterocycles. The summed E-state index contributed by atoms with van der Waals surface area (Å²) in [6.45, 7) is 9.81. The highest BCUT2D eigenvalue weighted by Gasteiger charge is 2.59. The topological polar surface area (TPSA) is 153 Å². The Morgan fingerprint density at radius 3 is 2.02 bits per heavy atom. The smallest absolute Gasteiger partial charge is 0.323 e. The van der Waals surface area contributed by atoms with E-state index in [-0.39, 0.29) is 18.2 Å². The molecule has 11 nitrogen and oxygen atoms in total. The lowest BCUT2D eigenvalue weighted by Gasteiger charge is -2.44. The quantitative estimate of drug-likeness (QED) is 0.233. The zero-order chi connectivity index (χ0) is 32.4. The van der Waals surface area contributed by atoms with E-state index in [0.29, 0.717) is 0 Å². The minimum atomic E-state index is -2.90. The number of likely N-dealkylation sites (N-methyl/N-ethyl adjacent to an activating group) is 1. The van der Waals surface area contributed by atoms with Gasteiger partial charge in [0.25, 0.3) is 8.32 Å². The van der Waals surface area contributed by atoms with Crippen LogP contribution in [0.5, 0.6) is 0 Å². The van der Waals surface area contributed by atoms with Crippen molar-refractivity contribution in [3.05, 3.63) is 60.7 Å². The molecule has 0 unspecified atom stereocenters. The first kappa shape index (κ1) is 34.6. The summed E-state index contributed by atoms with van der Waals surface area (Å²) in [6.07, 6.45) is -5.95. The van der Waals surface area contributed by atoms with Crippen molar-refractivity contribution in [1.29, 1.82) is 0 Å². The standard InChI is InChI=1S/C32H48N2O9Si/c1-31(2,3)44(20-14-10-8-11-15-20,21-16-12-9-13-17-21)40-19-22(33)23(35)18-34(6)24(29(37)38)25(36)26-27-28(30(39-7)41-26)43-32(4,5)42-27/h8-17,22-28,30,35-36H,18-19,33H2,1-7H3,(H,37,38)/t22-,23+,24+,25+,26-,27-,28-,30-/m1/s1. The number of ether oxygens (including phenoxy) is 4. The van der Waals surface area contributed by atoms with Crippen molar-refractivity contribution in [2.75, 3.05) is 27.3 Å². The number of aliphatic hydroxyl groups excluding tert-OH is 2. The van der Waals surface area contributed by atoms with E-state index in [9.17, 15) is 20.1 Å². The van der Waals surface area contributed by atoms with Crippen LogP contribution in [0.15, 0.2) is 60.7 Å². The third-order valence-electron chi connectivity index (χ3n) is 8.55. The number of hydrogen-bond acceptors (Lipinski definition) is 10. The zero-order valence-electron chi connectivity index (χ0n) is 26.6. The van der Waals surface area contributed by atoms with Gasteiger partial charge in [-0.2, -0.15) is 0 Å². The van der Waals surface area contributed by atoms with Crippen LogP contribution in [-0.4, -0.2) is 116 Å². The number of nitrogens with zero attached hydrogens (tertiary/aromatic N) is 1. The molecule has 0 bridgehead atoms. The fourth-order valence-corrected chi connectivity index (χ4v) is 11.1. The summed E-state index contributed by atoms with van der Waals surface area (Å²) in [5.41, 5.74) is 6.52. The number of fused-ring (bicyclic) bond motifs is 1. The summed E-state index contributed by atoms with van der Waals surface area (Å²) in [5.74, 6) is -2.24. The number of aliphatic carboxylic acids is 1. The number of hydrogen-bond donors (Lipinski definition) is 4. The fourth-order valence-electron chi connectivity index (χ4n) is 6.47. The number of aliphatic hydroxyl groups is 2. The van der Waals surface area contributed by atoms with E-state index in [1.165, 1.54) is 19.1 Å². The average Bonchev–Trinajstić information content (AvgIpc) is 3.45. The van der Waals surface area contributed by atoms with Crippen LogP contribution in [0.4, 0.5) is 0 Å². The van der Waals surface area contributed by atoms with Crippen molar-refractivity contribution in [1.82, 2.24) is 4.90 Å². The second-order valence-corrected chi connectivity index (χ2v) is 17.5.